The van der Waals surface area contributed by atoms with Crippen LogP contribution in [0.1, 0.15) is 0 Å². The van der Waals surface area contributed by atoms with Crippen molar-refractivity contribution in [2.75, 3.05) is 37.7 Å². The van der Waals surface area contributed by atoms with Gasteiger partial charge in [-0.1, -0.05) is 18.2 Å². The highest BCUT2D eigenvalue weighted by Gasteiger charge is 2.22. The van der Waals surface area contributed by atoms with Crippen LogP contribution in [0.25, 0.3) is 5.82 Å². The number of carbonyl (C=O) groups excluding carboxylic acids is 1. The molecule has 1 aromatic carbocycles. The van der Waals surface area contributed by atoms with Crippen LogP contribution in [0.4, 0.5) is 5.82 Å². The molecule has 2 aromatic heterocycles. The Balaban J connectivity index is 1.32. The Bertz CT molecular complexity index is 876. The average Bonchev–Trinajstić information content (AvgIpc) is 3.28. The minimum atomic E-state index is -0.00146. The number of benzene rings is 1. The van der Waals surface area contributed by atoms with Gasteiger partial charge in [0.05, 0.1) is 0 Å². The molecule has 0 unspecified atom stereocenters. The first-order chi connectivity index (χ1) is 13.3. The van der Waals surface area contributed by atoms with E-state index in [1.807, 2.05) is 53.6 Å². The summed E-state index contributed by atoms with van der Waals surface area (Å²) in [7, 11) is 0. The number of carbonyl (C=O) groups is 1. The van der Waals surface area contributed by atoms with Crippen molar-refractivity contribution in [1.29, 1.82) is 0 Å². The average molecular weight is 364 g/mol. The molecule has 3 aromatic rings. The quantitative estimate of drug-likeness (QED) is 0.681. The van der Waals surface area contributed by atoms with Gasteiger partial charge in [0.15, 0.2) is 12.4 Å². The highest BCUT2D eigenvalue weighted by atomic mass is 16.5. The van der Waals surface area contributed by atoms with Crippen molar-refractivity contribution in [2.45, 2.75) is 0 Å². The fourth-order valence-corrected chi connectivity index (χ4v) is 2.98. The number of para-hydroxylation sites is 1. The standard InChI is InChI=1S/C19H20N6O2/c26-19(14-27-16-5-2-1-3-6-16)24-11-9-23(10-12-24)17-13-18(21-15-20-17)25-8-4-7-22-25/h1-8,13,15H,9-12,14H2. The number of anilines is 1. The Kier molecular flexibility index (Phi) is 4.95. The number of ether oxygens (including phenoxy) is 1. The molecule has 1 aliphatic rings. The van der Waals surface area contributed by atoms with Crippen LogP contribution in [0.2, 0.25) is 0 Å². The molecule has 1 amide bonds. The first-order valence-corrected chi connectivity index (χ1v) is 8.82. The van der Waals surface area contributed by atoms with Gasteiger partial charge in [-0.25, -0.2) is 14.6 Å². The highest BCUT2D eigenvalue weighted by molar-refractivity contribution is 5.78. The second-order valence-electron chi connectivity index (χ2n) is 6.15. The summed E-state index contributed by atoms with van der Waals surface area (Å²) in [5.41, 5.74) is 0. The van der Waals surface area contributed by atoms with Gasteiger partial charge in [0.1, 0.15) is 17.9 Å². The predicted octanol–water partition coefficient (Wildman–Crippen LogP) is 1.39. The molecule has 0 aliphatic carbocycles. The van der Waals surface area contributed by atoms with E-state index in [-0.39, 0.29) is 12.5 Å². The van der Waals surface area contributed by atoms with Crippen molar-refractivity contribution < 1.29 is 9.53 Å². The van der Waals surface area contributed by atoms with Crippen LogP contribution in [-0.4, -0.2) is 63.3 Å². The zero-order valence-corrected chi connectivity index (χ0v) is 14.8. The molecule has 8 nitrogen and oxygen atoms in total. The molecule has 0 atom stereocenters. The Labute approximate surface area is 157 Å². The summed E-state index contributed by atoms with van der Waals surface area (Å²) in [5.74, 6) is 2.26. The maximum absolute atomic E-state index is 12.4. The van der Waals surface area contributed by atoms with Crippen LogP contribution < -0.4 is 9.64 Å². The fraction of sp³-hybridized carbons (Fsp3) is 0.263. The third-order valence-corrected chi connectivity index (χ3v) is 4.44. The van der Waals surface area contributed by atoms with E-state index in [2.05, 4.69) is 20.0 Å². The van der Waals surface area contributed by atoms with Gasteiger partial charge in [-0.15, -0.1) is 0 Å². The van der Waals surface area contributed by atoms with E-state index in [1.165, 1.54) is 6.33 Å². The van der Waals surface area contributed by atoms with Crippen LogP contribution in [0.15, 0.2) is 61.2 Å². The summed E-state index contributed by atoms with van der Waals surface area (Å²) in [6.45, 7) is 2.76. The second-order valence-corrected chi connectivity index (χ2v) is 6.15. The van der Waals surface area contributed by atoms with Crippen LogP contribution in [-0.2, 0) is 4.79 Å². The Hall–Kier alpha value is -3.42. The zero-order chi connectivity index (χ0) is 18.5. The summed E-state index contributed by atoms with van der Waals surface area (Å²) in [4.78, 5) is 25.0. The van der Waals surface area contributed by atoms with Crippen molar-refractivity contribution in [1.82, 2.24) is 24.6 Å². The van der Waals surface area contributed by atoms with Gasteiger partial charge in [0.2, 0.25) is 0 Å². The summed E-state index contributed by atoms with van der Waals surface area (Å²) >= 11 is 0. The number of hydrogen-bond acceptors (Lipinski definition) is 6. The molecule has 1 fully saturated rings. The molecule has 0 bridgehead atoms. The molecular weight excluding hydrogens is 344 g/mol. The molecule has 27 heavy (non-hydrogen) atoms. The minimum absolute atomic E-state index is 0.00146. The molecule has 138 valence electrons. The highest BCUT2D eigenvalue weighted by Crippen LogP contribution is 2.16. The molecule has 1 saturated heterocycles. The Morgan fingerprint density at radius 1 is 1.00 bits per heavy atom. The minimum Gasteiger partial charge on any atom is -0.484 e. The maximum atomic E-state index is 12.4. The van der Waals surface area contributed by atoms with Crippen molar-refractivity contribution in [3.63, 3.8) is 0 Å². The van der Waals surface area contributed by atoms with Crippen molar-refractivity contribution in [2.24, 2.45) is 0 Å². The largest absolute Gasteiger partial charge is 0.484 e. The van der Waals surface area contributed by atoms with Gasteiger partial charge in [-0.05, 0) is 18.2 Å². The molecule has 1 aliphatic heterocycles. The van der Waals surface area contributed by atoms with Gasteiger partial charge in [0.25, 0.3) is 5.91 Å². The van der Waals surface area contributed by atoms with Crippen molar-refractivity contribution >= 4 is 11.7 Å². The van der Waals surface area contributed by atoms with Crippen LogP contribution in [0.5, 0.6) is 5.75 Å². The maximum Gasteiger partial charge on any atom is 0.260 e. The van der Waals surface area contributed by atoms with Gasteiger partial charge in [-0.3, -0.25) is 4.79 Å². The summed E-state index contributed by atoms with van der Waals surface area (Å²) < 4.78 is 7.25. The number of nitrogens with zero attached hydrogens (tertiary/aromatic N) is 6. The first-order valence-electron chi connectivity index (χ1n) is 8.82. The Morgan fingerprint density at radius 3 is 2.52 bits per heavy atom. The Morgan fingerprint density at radius 2 is 1.78 bits per heavy atom. The van der Waals surface area contributed by atoms with Crippen molar-refractivity contribution in [3.05, 3.63) is 61.2 Å². The van der Waals surface area contributed by atoms with Gasteiger partial charge in [-0.2, -0.15) is 5.10 Å². The van der Waals surface area contributed by atoms with Crippen LogP contribution >= 0.6 is 0 Å². The van der Waals surface area contributed by atoms with E-state index in [0.29, 0.717) is 31.9 Å². The molecule has 3 heterocycles. The zero-order valence-electron chi connectivity index (χ0n) is 14.8. The van der Waals surface area contributed by atoms with Gasteiger partial charge in [0, 0.05) is 44.6 Å². The summed E-state index contributed by atoms with van der Waals surface area (Å²) in [5, 5.41) is 4.19. The first kappa shape index (κ1) is 17.0. The number of piperazine rings is 1. The van der Waals surface area contributed by atoms with E-state index < -0.39 is 0 Å². The van der Waals surface area contributed by atoms with E-state index in [4.69, 9.17) is 4.74 Å². The topological polar surface area (TPSA) is 76.4 Å². The summed E-state index contributed by atoms with van der Waals surface area (Å²) in [6, 6.07) is 13.1. The monoisotopic (exact) mass is 364 g/mol. The fourth-order valence-electron chi connectivity index (χ4n) is 2.98. The lowest BCUT2D eigenvalue weighted by atomic mass is 10.3. The number of amides is 1. The SMILES string of the molecule is O=C(COc1ccccc1)N1CCN(c2cc(-n3cccn3)ncn2)CC1. The lowest BCUT2D eigenvalue weighted by Gasteiger charge is -2.35. The lowest BCUT2D eigenvalue weighted by molar-refractivity contribution is -0.133. The van der Waals surface area contributed by atoms with E-state index in [9.17, 15) is 4.79 Å². The lowest BCUT2D eigenvalue weighted by Crippen LogP contribution is -2.50. The molecular formula is C19H20N6O2. The van der Waals surface area contributed by atoms with Crippen LogP contribution in [0.3, 0.4) is 0 Å². The van der Waals surface area contributed by atoms with E-state index >= 15 is 0 Å². The third kappa shape index (κ3) is 4.05. The predicted molar refractivity (Wildman–Crippen MR) is 99.9 cm³/mol. The normalized spacial score (nSPS) is 14.2. The number of aromatic nitrogens is 4. The molecule has 0 N–H and O–H groups in total. The smallest absolute Gasteiger partial charge is 0.260 e. The molecule has 0 saturated carbocycles. The van der Waals surface area contributed by atoms with Crippen molar-refractivity contribution in [3.8, 4) is 11.6 Å². The number of rotatable bonds is 5. The summed E-state index contributed by atoms with van der Waals surface area (Å²) in [6.07, 6.45) is 5.09. The van der Waals surface area contributed by atoms with E-state index in [1.54, 1.807) is 10.9 Å². The molecule has 0 spiro atoms. The van der Waals surface area contributed by atoms with Gasteiger partial charge < -0.3 is 14.5 Å². The van der Waals surface area contributed by atoms with E-state index in [0.717, 1.165) is 11.6 Å². The third-order valence-electron chi connectivity index (χ3n) is 4.44. The molecule has 4 rings (SSSR count). The second kappa shape index (κ2) is 7.86. The number of hydrogen-bond donors (Lipinski definition) is 0. The molecule has 8 heteroatoms. The van der Waals surface area contributed by atoms with Gasteiger partial charge >= 0.3 is 0 Å². The molecule has 0 radical (unpaired) electrons. The van der Waals surface area contributed by atoms with Crippen LogP contribution in [0, 0.1) is 0 Å².